The fraction of sp³-hybridized carbons (Fsp3) is 0.150. The Balaban J connectivity index is 1.48. The van der Waals surface area contributed by atoms with E-state index in [4.69, 9.17) is 0 Å². The van der Waals surface area contributed by atoms with Crippen LogP contribution < -0.4 is 10.2 Å². The van der Waals surface area contributed by atoms with Crippen molar-refractivity contribution in [1.82, 2.24) is 10.3 Å². The van der Waals surface area contributed by atoms with Crippen molar-refractivity contribution in [2.45, 2.75) is 6.42 Å². The summed E-state index contributed by atoms with van der Waals surface area (Å²) in [6, 6.07) is 16.9. The number of aromatic nitrogens is 1. The van der Waals surface area contributed by atoms with E-state index in [-0.39, 0.29) is 18.4 Å². The van der Waals surface area contributed by atoms with Gasteiger partial charge in [0.05, 0.1) is 12.1 Å². The molecule has 0 radical (unpaired) electrons. The van der Waals surface area contributed by atoms with Crippen LogP contribution in [0.25, 0.3) is 10.9 Å². The highest BCUT2D eigenvalue weighted by Crippen LogP contribution is 2.27. The number of para-hydroxylation sites is 1. The van der Waals surface area contributed by atoms with Crippen molar-refractivity contribution >= 4 is 28.4 Å². The van der Waals surface area contributed by atoms with Crippen molar-refractivity contribution in [3.63, 3.8) is 0 Å². The third kappa shape index (κ3) is 2.85. The Morgan fingerprint density at radius 3 is 2.84 bits per heavy atom. The maximum absolute atomic E-state index is 12.5. The third-order valence-corrected chi connectivity index (χ3v) is 4.48. The van der Waals surface area contributed by atoms with Crippen LogP contribution in [0.5, 0.6) is 0 Å². The zero-order chi connectivity index (χ0) is 17.2. The first-order chi connectivity index (χ1) is 12.2. The molecule has 3 aromatic rings. The van der Waals surface area contributed by atoms with Crippen LogP contribution in [-0.2, 0) is 11.2 Å². The topological polar surface area (TPSA) is 62.3 Å². The van der Waals surface area contributed by atoms with Crippen molar-refractivity contribution in [3.8, 4) is 0 Å². The molecule has 0 unspecified atom stereocenters. The number of hydrogen-bond acceptors (Lipinski definition) is 3. The van der Waals surface area contributed by atoms with Crippen molar-refractivity contribution in [2.24, 2.45) is 0 Å². The molecular weight excluding hydrogens is 314 g/mol. The van der Waals surface area contributed by atoms with Crippen LogP contribution >= 0.6 is 0 Å². The Bertz CT molecular complexity index is 963. The number of benzene rings is 2. The van der Waals surface area contributed by atoms with Crippen molar-refractivity contribution < 1.29 is 9.59 Å². The number of fused-ring (bicyclic) bond motifs is 2. The molecule has 4 rings (SSSR count). The van der Waals surface area contributed by atoms with E-state index in [0.29, 0.717) is 12.1 Å². The van der Waals surface area contributed by atoms with Gasteiger partial charge in [-0.3, -0.25) is 14.6 Å². The highest BCUT2D eigenvalue weighted by atomic mass is 16.2. The summed E-state index contributed by atoms with van der Waals surface area (Å²) in [5.41, 5.74) is 3.40. The zero-order valence-electron chi connectivity index (χ0n) is 13.6. The SMILES string of the molecule is O=C(NCC(=O)N1CCc2ccccc21)c1cccc2ncccc12. The minimum Gasteiger partial charge on any atom is -0.343 e. The number of anilines is 1. The van der Waals surface area contributed by atoms with E-state index in [1.165, 1.54) is 5.56 Å². The lowest BCUT2D eigenvalue weighted by Gasteiger charge is -2.17. The van der Waals surface area contributed by atoms with E-state index in [1.807, 2.05) is 36.4 Å². The molecule has 1 aliphatic rings. The molecule has 0 atom stereocenters. The summed E-state index contributed by atoms with van der Waals surface area (Å²) in [6.07, 6.45) is 2.54. The molecule has 2 amide bonds. The summed E-state index contributed by atoms with van der Waals surface area (Å²) in [7, 11) is 0. The van der Waals surface area contributed by atoms with E-state index < -0.39 is 0 Å². The van der Waals surface area contributed by atoms with Gasteiger partial charge >= 0.3 is 0 Å². The Hall–Kier alpha value is -3.21. The zero-order valence-corrected chi connectivity index (χ0v) is 13.6. The Morgan fingerprint density at radius 1 is 1.04 bits per heavy atom. The normalized spacial score (nSPS) is 12.9. The summed E-state index contributed by atoms with van der Waals surface area (Å²) in [4.78, 5) is 31.0. The summed E-state index contributed by atoms with van der Waals surface area (Å²) in [5, 5.41) is 3.52. The van der Waals surface area contributed by atoms with Gasteiger partial charge in [-0.05, 0) is 36.2 Å². The molecule has 5 heteroatoms. The van der Waals surface area contributed by atoms with Gasteiger partial charge in [0, 0.05) is 29.4 Å². The van der Waals surface area contributed by atoms with E-state index in [0.717, 1.165) is 23.0 Å². The molecule has 5 nitrogen and oxygen atoms in total. The number of nitrogens with zero attached hydrogens (tertiary/aromatic N) is 2. The second kappa shape index (κ2) is 6.36. The minimum atomic E-state index is -0.264. The van der Waals surface area contributed by atoms with Gasteiger partial charge < -0.3 is 10.2 Å². The molecule has 1 aromatic heterocycles. The predicted octanol–water partition coefficient (Wildman–Crippen LogP) is 2.55. The number of amides is 2. The largest absolute Gasteiger partial charge is 0.343 e. The van der Waals surface area contributed by atoms with Crippen LogP contribution in [0.4, 0.5) is 5.69 Å². The lowest BCUT2D eigenvalue weighted by atomic mass is 10.1. The molecule has 2 aromatic carbocycles. The second-order valence-electron chi connectivity index (χ2n) is 5.98. The summed E-state index contributed by atoms with van der Waals surface area (Å²) in [6.45, 7) is 0.635. The highest BCUT2D eigenvalue weighted by Gasteiger charge is 2.24. The first kappa shape index (κ1) is 15.3. The molecule has 0 spiro atoms. The Kier molecular flexibility index (Phi) is 3.90. The van der Waals surface area contributed by atoms with Crippen LogP contribution in [0.1, 0.15) is 15.9 Å². The van der Waals surface area contributed by atoms with E-state index in [1.54, 1.807) is 29.3 Å². The number of nitrogens with one attached hydrogen (secondary N) is 1. The molecular formula is C20H17N3O2. The molecule has 124 valence electrons. The van der Waals surface area contributed by atoms with Gasteiger partial charge in [0.15, 0.2) is 0 Å². The van der Waals surface area contributed by atoms with Gasteiger partial charge in [0.1, 0.15) is 0 Å². The summed E-state index contributed by atoms with van der Waals surface area (Å²) < 4.78 is 0. The fourth-order valence-electron chi connectivity index (χ4n) is 3.25. The van der Waals surface area contributed by atoms with Gasteiger partial charge in [-0.25, -0.2) is 0 Å². The highest BCUT2D eigenvalue weighted by molar-refractivity contribution is 6.08. The average Bonchev–Trinajstić information content (AvgIpc) is 3.09. The number of rotatable bonds is 3. The molecule has 0 saturated carbocycles. The lowest BCUT2D eigenvalue weighted by molar-refractivity contribution is -0.117. The monoisotopic (exact) mass is 331 g/mol. The smallest absolute Gasteiger partial charge is 0.252 e. The molecule has 1 N–H and O–H groups in total. The fourth-order valence-corrected chi connectivity index (χ4v) is 3.25. The number of hydrogen-bond donors (Lipinski definition) is 1. The van der Waals surface area contributed by atoms with Crippen molar-refractivity contribution in [1.29, 1.82) is 0 Å². The maximum Gasteiger partial charge on any atom is 0.252 e. The molecule has 0 saturated heterocycles. The van der Waals surface area contributed by atoms with Crippen LogP contribution in [0.2, 0.25) is 0 Å². The maximum atomic E-state index is 12.5. The Morgan fingerprint density at radius 2 is 1.92 bits per heavy atom. The van der Waals surface area contributed by atoms with Crippen LogP contribution in [-0.4, -0.2) is 29.9 Å². The number of carbonyl (C=O) groups is 2. The van der Waals surface area contributed by atoms with Gasteiger partial charge in [-0.1, -0.05) is 30.3 Å². The predicted molar refractivity (Wildman–Crippen MR) is 96.6 cm³/mol. The van der Waals surface area contributed by atoms with E-state index in [9.17, 15) is 9.59 Å². The van der Waals surface area contributed by atoms with E-state index >= 15 is 0 Å². The van der Waals surface area contributed by atoms with Crippen molar-refractivity contribution in [2.75, 3.05) is 18.0 Å². The van der Waals surface area contributed by atoms with Gasteiger partial charge in [-0.2, -0.15) is 0 Å². The van der Waals surface area contributed by atoms with Crippen LogP contribution in [0.15, 0.2) is 60.8 Å². The van der Waals surface area contributed by atoms with Crippen LogP contribution in [0.3, 0.4) is 0 Å². The second-order valence-corrected chi connectivity index (χ2v) is 5.98. The van der Waals surface area contributed by atoms with E-state index in [2.05, 4.69) is 10.3 Å². The molecule has 0 fully saturated rings. The number of carbonyl (C=O) groups excluding carboxylic acids is 2. The quantitative estimate of drug-likeness (QED) is 0.802. The molecule has 0 aliphatic carbocycles. The third-order valence-electron chi connectivity index (χ3n) is 4.48. The standard InChI is InChI=1S/C20H17N3O2/c24-19(23-12-10-14-5-1-2-9-18(14)23)13-22-20(25)16-6-3-8-17-15(16)7-4-11-21-17/h1-9,11H,10,12-13H2,(H,22,25). The molecule has 2 heterocycles. The van der Waals surface area contributed by atoms with Crippen LogP contribution in [0, 0.1) is 0 Å². The minimum absolute atomic E-state index is 0.0240. The van der Waals surface area contributed by atoms with Gasteiger partial charge in [0.2, 0.25) is 5.91 Å². The molecule has 1 aliphatic heterocycles. The number of pyridine rings is 1. The molecule has 0 bridgehead atoms. The Labute approximate surface area is 145 Å². The lowest BCUT2D eigenvalue weighted by Crippen LogP contribution is -2.39. The first-order valence-corrected chi connectivity index (χ1v) is 8.24. The van der Waals surface area contributed by atoms with Gasteiger partial charge in [-0.15, -0.1) is 0 Å². The first-order valence-electron chi connectivity index (χ1n) is 8.24. The average molecular weight is 331 g/mol. The summed E-state index contributed by atoms with van der Waals surface area (Å²) >= 11 is 0. The summed E-state index contributed by atoms with van der Waals surface area (Å²) in [5.74, 6) is -0.365. The van der Waals surface area contributed by atoms with Crippen molar-refractivity contribution in [3.05, 3.63) is 71.9 Å². The van der Waals surface area contributed by atoms with Gasteiger partial charge in [0.25, 0.3) is 5.91 Å². The molecule has 25 heavy (non-hydrogen) atoms.